The van der Waals surface area contributed by atoms with E-state index in [9.17, 15) is 18.0 Å². The Bertz CT molecular complexity index is 516. The summed E-state index contributed by atoms with van der Waals surface area (Å²) in [6.45, 7) is 0. The number of carbonyl (C=O) groups is 1. The summed E-state index contributed by atoms with van der Waals surface area (Å²) in [6, 6.07) is 3.43. The molecule has 1 heterocycles. The average molecular weight is 319 g/mol. The van der Waals surface area contributed by atoms with Crippen LogP contribution in [0.4, 0.5) is 18.9 Å². The van der Waals surface area contributed by atoms with Crippen LogP contribution < -0.4 is 16.6 Å². The molecule has 0 aliphatic carbocycles. The van der Waals surface area contributed by atoms with Crippen LogP contribution in [0.5, 0.6) is 0 Å². The van der Waals surface area contributed by atoms with Crippen molar-refractivity contribution >= 4 is 23.4 Å². The second-order valence-electron chi connectivity index (χ2n) is 4.73. The minimum absolute atomic E-state index is 0.00100. The van der Waals surface area contributed by atoms with Crippen LogP contribution in [-0.2, 0) is 6.18 Å². The predicted molar refractivity (Wildman–Crippen MR) is 77.1 cm³/mol. The normalized spacial score (nSPS) is 16.6. The van der Waals surface area contributed by atoms with Crippen LogP contribution >= 0.6 is 11.8 Å². The number of thioether (sulfide) groups is 1. The molecule has 1 saturated heterocycles. The van der Waals surface area contributed by atoms with Crippen LogP contribution in [0.1, 0.15) is 28.8 Å². The fourth-order valence-electron chi connectivity index (χ4n) is 2.24. The number of nitrogens with one attached hydrogen (secondary N) is 2. The Hall–Kier alpha value is -1.41. The summed E-state index contributed by atoms with van der Waals surface area (Å²) < 4.78 is 38.7. The van der Waals surface area contributed by atoms with Crippen molar-refractivity contribution in [2.24, 2.45) is 5.84 Å². The van der Waals surface area contributed by atoms with Gasteiger partial charge in [0.05, 0.1) is 16.8 Å². The highest BCUT2D eigenvalue weighted by Crippen LogP contribution is 2.36. The first-order valence-corrected chi connectivity index (χ1v) is 7.64. The quantitative estimate of drug-likeness (QED) is 0.592. The van der Waals surface area contributed by atoms with Gasteiger partial charge in [0, 0.05) is 6.04 Å². The summed E-state index contributed by atoms with van der Waals surface area (Å²) in [4.78, 5) is 12.2. The summed E-state index contributed by atoms with van der Waals surface area (Å²) in [6.07, 6.45) is -2.93. The lowest BCUT2D eigenvalue weighted by atomic mass is 10.0. The van der Waals surface area contributed by atoms with Crippen molar-refractivity contribution in [3.8, 4) is 0 Å². The van der Waals surface area contributed by atoms with Gasteiger partial charge in [0.1, 0.15) is 0 Å². The molecule has 1 amide bonds. The number of para-hydroxylation sites is 1. The van der Waals surface area contributed by atoms with Gasteiger partial charge in [0.2, 0.25) is 0 Å². The molecule has 116 valence electrons. The van der Waals surface area contributed by atoms with E-state index in [4.69, 9.17) is 5.84 Å². The van der Waals surface area contributed by atoms with Crippen molar-refractivity contribution in [2.75, 3.05) is 16.9 Å². The van der Waals surface area contributed by atoms with Gasteiger partial charge in [-0.3, -0.25) is 10.6 Å². The van der Waals surface area contributed by atoms with Gasteiger partial charge >= 0.3 is 6.18 Å². The molecule has 0 aromatic heterocycles. The minimum atomic E-state index is -4.57. The molecule has 0 saturated carbocycles. The summed E-state index contributed by atoms with van der Waals surface area (Å²) >= 11 is 1.80. The van der Waals surface area contributed by atoms with Crippen LogP contribution in [0, 0.1) is 0 Å². The number of benzene rings is 1. The number of amides is 1. The van der Waals surface area contributed by atoms with E-state index < -0.39 is 23.3 Å². The van der Waals surface area contributed by atoms with Crippen molar-refractivity contribution in [1.29, 1.82) is 0 Å². The standard InChI is InChI=1S/C13H16F3N3OS/c14-13(15,16)10-3-1-2-9(11(10)19-17)12(20)18-8-4-6-21-7-5-8/h1-3,8,19H,4-7,17H2,(H,18,20). The molecule has 1 aliphatic rings. The SMILES string of the molecule is NNc1c(C(=O)NC2CCSCC2)cccc1C(F)(F)F. The number of hydrogen-bond acceptors (Lipinski definition) is 4. The number of anilines is 1. The molecular weight excluding hydrogens is 303 g/mol. The molecular formula is C13H16F3N3OS. The first-order chi connectivity index (χ1) is 9.93. The smallest absolute Gasteiger partial charge is 0.349 e. The van der Waals surface area contributed by atoms with Crippen molar-refractivity contribution in [1.82, 2.24) is 5.32 Å². The molecule has 1 aromatic rings. The number of hydrogen-bond donors (Lipinski definition) is 3. The average Bonchev–Trinajstić information content (AvgIpc) is 2.46. The molecule has 1 fully saturated rings. The number of hydrazine groups is 1. The number of rotatable bonds is 3. The maximum absolute atomic E-state index is 12.9. The summed E-state index contributed by atoms with van der Waals surface area (Å²) in [5, 5.41) is 2.77. The lowest BCUT2D eigenvalue weighted by Crippen LogP contribution is -2.38. The molecule has 2 rings (SSSR count). The van der Waals surface area contributed by atoms with Gasteiger partial charge in [0.25, 0.3) is 5.91 Å². The highest BCUT2D eigenvalue weighted by molar-refractivity contribution is 7.99. The largest absolute Gasteiger partial charge is 0.418 e. The van der Waals surface area contributed by atoms with Crippen molar-refractivity contribution in [2.45, 2.75) is 25.1 Å². The van der Waals surface area contributed by atoms with Crippen molar-refractivity contribution in [3.05, 3.63) is 29.3 Å². The second kappa shape index (κ2) is 6.57. The molecule has 8 heteroatoms. The molecule has 1 aromatic carbocycles. The molecule has 0 radical (unpaired) electrons. The second-order valence-corrected chi connectivity index (χ2v) is 5.96. The van der Waals surface area contributed by atoms with Gasteiger partial charge < -0.3 is 10.7 Å². The van der Waals surface area contributed by atoms with E-state index in [1.165, 1.54) is 12.1 Å². The first-order valence-electron chi connectivity index (χ1n) is 6.49. The van der Waals surface area contributed by atoms with Gasteiger partial charge in [0.15, 0.2) is 0 Å². The number of nitrogens with two attached hydrogens (primary N) is 1. The molecule has 0 bridgehead atoms. The fourth-order valence-corrected chi connectivity index (χ4v) is 3.34. The van der Waals surface area contributed by atoms with E-state index >= 15 is 0 Å². The Balaban J connectivity index is 2.24. The third kappa shape index (κ3) is 3.82. The summed E-state index contributed by atoms with van der Waals surface area (Å²) in [7, 11) is 0. The van der Waals surface area contributed by atoms with Crippen LogP contribution in [0.3, 0.4) is 0 Å². The Kier molecular flexibility index (Phi) is 5.00. The van der Waals surface area contributed by atoms with Gasteiger partial charge in [-0.25, -0.2) is 0 Å². The van der Waals surface area contributed by atoms with E-state index in [0.717, 1.165) is 30.4 Å². The van der Waals surface area contributed by atoms with E-state index in [-0.39, 0.29) is 11.6 Å². The number of halogens is 3. The Labute approximate surface area is 124 Å². The van der Waals surface area contributed by atoms with Crippen molar-refractivity contribution in [3.63, 3.8) is 0 Å². The summed E-state index contributed by atoms with van der Waals surface area (Å²) in [5.74, 6) is 6.53. The van der Waals surface area contributed by atoms with E-state index in [2.05, 4.69) is 5.32 Å². The minimum Gasteiger partial charge on any atom is -0.349 e. The van der Waals surface area contributed by atoms with Gasteiger partial charge in [-0.1, -0.05) is 6.07 Å². The first kappa shape index (κ1) is 16.0. The van der Waals surface area contributed by atoms with Crippen molar-refractivity contribution < 1.29 is 18.0 Å². The lowest BCUT2D eigenvalue weighted by molar-refractivity contribution is -0.137. The van der Waals surface area contributed by atoms with Crippen LogP contribution in [0.25, 0.3) is 0 Å². The monoisotopic (exact) mass is 319 g/mol. The van der Waals surface area contributed by atoms with Gasteiger partial charge in [-0.2, -0.15) is 24.9 Å². The van der Waals surface area contributed by atoms with Crippen LogP contribution in [-0.4, -0.2) is 23.5 Å². The molecule has 0 unspecified atom stereocenters. The van der Waals surface area contributed by atoms with Gasteiger partial charge in [-0.15, -0.1) is 0 Å². The lowest BCUT2D eigenvalue weighted by Gasteiger charge is -2.23. The number of carbonyl (C=O) groups excluding carboxylic acids is 1. The molecule has 0 spiro atoms. The molecule has 4 nitrogen and oxygen atoms in total. The maximum Gasteiger partial charge on any atom is 0.418 e. The maximum atomic E-state index is 12.9. The predicted octanol–water partition coefficient (Wildman–Crippen LogP) is 2.62. The van der Waals surface area contributed by atoms with E-state index in [0.29, 0.717) is 0 Å². The topological polar surface area (TPSA) is 67.1 Å². The summed E-state index contributed by atoms with van der Waals surface area (Å²) in [5.41, 5.74) is 0.569. The fraction of sp³-hybridized carbons (Fsp3) is 0.462. The molecule has 21 heavy (non-hydrogen) atoms. The zero-order chi connectivity index (χ0) is 15.5. The van der Waals surface area contributed by atoms with Gasteiger partial charge in [-0.05, 0) is 36.5 Å². The number of alkyl halides is 3. The molecule has 4 N–H and O–H groups in total. The van der Waals surface area contributed by atoms with Crippen LogP contribution in [0.15, 0.2) is 18.2 Å². The Morgan fingerprint density at radius 3 is 2.52 bits per heavy atom. The molecule has 1 aliphatic heterocycles. The van der Waals surface area contributed by atoms with Crippen LogP contribution in [0.2, 0.25) is 0 Å². The Morgan fingerprint density at radius 2 is 1.95 bits per heavy atom. The van der Waals surface area contributed by atoms with E-state index in [1.54, 1.807) is 11.8 Å². The third-order valence-corrected chi connectivity index (χ3v) is 4.36. The Morgan fingerprint density at radius 1 is 1.29 bits per heavy atom. The highest BCUT2D eigenvalue weighted by Gasteiger charge is 2.35. The molecule has 0 atom stereocenters. The number of nitrogen functional groups attached to an aromatic ring is 1. The zero-order valence-corrected chi connectivity index (χ0v) is 12.0. The third-order valence-electron chi connectivity index (χ3n) is 3.32. The highest BCUT2D eigenvalue weighted by atomic mass is 32.2. The zero-order valence-electron chi connectivity index (χ0n) is 11.2. The van der Waals surface area contributed by atoms with E-state index in [1.807, 2.05) is 5.43 Å².